The summed E-state index contributed by atoms with van der Waals surface area (Å²) in [5.74, 6) is 0.657. The van der Waals surface area contributed by atoms with E-state index in [1.54, 1.807) is 21.0 Å². The normalized spacial score (nSPS) is 11.8. The van der Waals surface area contributed by atoms with Crippen molar-refractivity contribution in [1.29, 1.82) is 0 Å². The van der Waals surface area contributed by atoms with Crippen LogP contribution in [0.5, 0.6) is 5.75 Å². The quantitative estimate of drug-likeness (QED) is 0.853. The minimum atomic E-state index is -0.479. The Morgan fingerprint density at radius 3 is 2.05 bits per heavy atom. The summed E-state index contributed by atoms with van der Waals surface area (Å²) in [6.45, 7) is 1.76. The van der Waals surface area contributed by atoms with Crippen molar-refractivity contribution in [1.82, 2.24) is 4.90 Å². The van der Waals surface area contributed by atoms with Crippen LogP contribution in [0.4, 0.5) is 0 Å². The van der Waals surface area contributed by atoms with E-state index < -0.39 is 6.10 Å². The molecule has 0 saturated heterocycles. The van der Waals surface area contributed by atoms with Crippen LogP contribution < -0.4 is 4.74 Å². The van der Waals surface area contributed by atoms with Crippen LogP contribution in [-0.4, -0.2) is 31.0 Å². The maximum Gasteiger partial charge on any atom is 0.262 e. The summed E-state index contributed by atoms with van der Waals surface area (Å²) < 4.78 is 5.64. The van der Waals surface area contributed by atoms with Crippen LogP contribution in [0.2, 0.25) is 0 Å². The van der Waals surface area contributed by atoms with Gasteiger partial charge in [0, 0.05) is 14.1 Å². The van der Waals surface area contributed by atoms with E-state index in [-0.39, 0.29) is 5.91 Å². The first-order valence-electron chi connectivity index (χ1n) is 6.61. The maximum absolute atomic E-state index is 11.7. The Morgan fingerprint density at radius 2 is 1.50 bits per heavy atom. The number of nitrogens with zero attached hydrogens (tertiary/aromatic N) is 1. The van der Waals surface area contributed by atoms with E-state index >= 15 is 0 Å². The van der Waals surface area contributed by atoms with Crippen molar-refractivity contribution in [2.24, 2.45) is 0 Å². The zero-order valence-electron chi connectivity index (χ0n) is 12.0. The molecule has 0 aliphatic heterocycles. The second-order valence-electron chi connectivity index (χ2n) is 4.88. The van der Waals surface area contributed by atoms with E-state index in [1.807, 2.05) is 42.5 Å². The number of rotatable bonds is 4. The Kier molecular flexibility index (Phi) is 4.41. The van der Waals surface area contributed by atoms with Gasteiger partial charge in [0.1, 0.15) is 5.75 Å². The monoisotopic (exact) mass is 269 g/mol. The molecule has 0 aromatic heterocycles. The van der Waals surface area contributed by atoms with E-state index in [4.69, 9.17) is 4.74 Å². The minimum absolute atomic E-state index is 0.0443. The number of amides is 1. The predicted molar refractivity (Wildman–Crippen MR) is 80.7 cm³/mol. The topological polar surface area (TPSA) is 29.5 Å². The number of likely N-dealkylation sites (N-methyl/N-ethyl adjacent to an activating group) is 1. The van der Waals surface area contributed by atoms with E-state index in [2.05, 4.69) is 12.1 Å². The van der Waals surface area contributed by atoms with Crippen molar-refractivity contribution in [3.63, 3.8) is 0 Å². The van der Waals surface area contributed by atoms with Crippen LogP contribution >= 0.6 is 0 Å². The molecular formula is C17H19NO2. The zero-order valence-corrected chi connectivity index (χ0v) is 12.0. The number of hydrogen-bond donors (Lipinski definition) is 0. The van der Waals surface area contributed by atoms with Gasteiger partial charge in [-0.2, -0.15) is 0 Å². The molecule has 2 rings (SSSR count). The van der Waals surface area contributed by atoms with E-state index in [9.17, 15) is 4.79 Å². The number of hydrogen-bond acceptors (Lipinski definition) is 2. The molecule has 0 N–H and O–H groups in total. The third-order valence-corrected chi connectivity index (χ3v) is 3.06. The summed E-state index contributed by atoms with van der Waals surface area (Å²) in [7, 11) is 3.45. The first-order chi connectivity index (χ1) is 9.58. The van der Waals surface area contributed by atoms with Crippen molar-refractivity contribution in [3.8, 4) is 16.9 Å². The maximum atomic E-state index is 11.7. The molecule has 2 aromatic rings. The fraction of sp³-hybridized carbons (Fsp3) is 0.235. The summed E-state index contributed by atoms with van der Waals surface area (Å²) in [5.41, 5.74) is 2.29. The fourth-order valence-corrected chi connectivity index (χ4v) is 1.97. The lowest BCUT2D eigenvalue weighted by Gasteiger charge is -2.18. The largest absolute Gasteiger partial charge is 0.481 e. The minimum Gasteiger partial charge on any atom is -0.481 e. The van der Waals surface area contributed by atoms with Gasteiger partial charge in [0.25, 0.3) is 5.91 Å². The Hall–Kier alpha value is -2.29. The van der Waals surface area contributed by atoms with Gasteiger partial charge < -0.3 is 9.64 Å². The molecule has 3 heteroatoms. The van der Waals surface area contributed by atoms with Crippen molar-refractivity contribution in [2.75, 3.05) is 14.1 Å². The molecule has 1 atom stereocenters. The van der Waals surface area contributed by atoms with Gasteiger partial charge >= 0.3 is 0 Å². The van der Waals surface area contributed by atoms with Crippen molar-refractivity contribution >= 4 is 5.91 Å². The van der Waals surface area contributed by atoms with Gasteiger partial charge in [0.05, 0.1) is 0 Å². The number of carbonyl (C=O) groups is 1. The highest BCUT2D eigenvalue weighted by molar-refractivity contribution is 5.80. The molecule has 3 nitrogen and oxygen atoms in total. The average Bonchev–Trinajstić information content (AvgIpc) is 2.48. The van der Waals surface area contributed by atoms with Gasteiger partial charge in [-0.05, 0) is 30.2 Å². The highest BCUT2D eigenvalue weighted by Crippen LogP contribution is 2.22. The van der Waals surface area contributed by atoms with Gasteiger partial charge in [0.15, 0.2) is 6.10 Å². The van der Waals surface area contributed by atoms with Crippen LogP contribution in [0.1, 0.15) is 6.92 Å². The van der Waals surface area contributed by atoms with Gasteiger partial charge in [-0.3, -0.25) is 4.79 Å². The van der Waals surface area contributed by atoms with E-state index in [0.717, 1.165) is 11.1 Å². The first kappa shape index (κ1) is 14.1. The molecule has 1 amide bonds. The van der Waals surface area contributed by atoms with Crippen molar-refractivity contribution in [3.05, 3.63) is 54.6 Å². The Balaban J connectivity index is 2.07. The van der Waals surface area contributed by atoms with Gasteiger partial charge in [-0.15, -0.1) is 0 Å². The molecule has 0 aliphatic rings. The Bertz CT molecular complexity index is 561. The van der Waals surface area contributed by atoms with Gasteiger partial charge in [-0.1, -0.05) is 42.5 Å². The van der Waals surface area contributed by atoms with Crippen LogP contribution in [0.15, 0.2) is 54.6 Å². The van der Waals surface area contributed by atoms with Crippen LogP contribution in [0.25, 0.3) is 11.1 Å². The number of ether oxygens (including phenoxy) is 1. The van der Waals surface area contributed by atoms with Crippen LogP contribution in [0, 0.1) is 0 Å². The summed E-state index contributed by atoms with van der Waals surface area (Å²) >= 11 is 0. The standard InChI is InChI=1S/C17H19NO2/c1-13(17(19)18(2)3)20-16-11-9-15(10-12-16)14-7-5-4-6-8-14/h4-13H,1-3H3/t13-/m0/s1. The SMILES string of the molecule is C[C@H](Oc1ccc(-c2ccccc2)cc1)C(=O)N(C)C. The lowest BCUT2D eigenvalue weighted by molar-refractivity contribution is -0.135. The van der Waals surface area contributed by atoms with Crippen molar-refractivity contribution in [2.45, 2.75) is 13.0 Å². The van der Waals surface area contributed by atoms with Crippen LogP contribution in [-0.2, 0) is 4.79 Å². The smallest absolute Gasteiger partial charge is 0.262 e. The molecule has 0 fully saturated rings. The molecule has 20 heavy (non-hydrogen) atoms. The first-order valence-corrected chi connectivity index (χ1v) is 6.61. The molecule has 2 aromatic carbocycles. The Labute approximate surface area is 119 Å². The molecule has 104 valence electrons. The third kappa shape index (κ3) is 3.38. The number of carbonyl (C=O) groups excluding carboxylic acids is 1. The third-order valence-electron chi connectivity index (χ3n) is 3.06. The molecule has 0 spiro atoms. The predicted octanol–water partition coefficient (Wildman–Crippen LogP) is 3.21. The highest BCUT2D eigenvalue weighted by atomic mass is 16.5. The number of benzene rings is 2. The van der Waals surface area contributed by atoms with E-state index in [0.29, 0.717) is 5.75 Å². The molecule has 0 aliphatic carbocycles. The van der Waals surface area contributed by atoms with Crippen LogP contribution in [0.3, 0.4) is 0 Å². The lowest BCUT2D eigenvalue weighted by Crippen LogP contribution is -2.35. The second-order valence-corrected chi connectivity index (χ2v) is 4.88. The molecular weight excluding hydrogens is 250 g/mol. The fourth-order valence-electron chi connectivity index (χ4n) is 1.97. The average molecular weight is 269 g/mol. The summed E-state index contributed by atoms with van der Waals surface area (Å²) in [5, 5.41) is 0. The van der Waals surface area contributed by atoms with Gasteiger partial charge in [0.2, 0.25) is 0 Å². The van der Waals surface area contributed by atoms with Crippen molar-refractivity contribution < 1.29 is 9.53 Å². The van der Waals surface area contributed by atoms with E-state index in [1.165, 1.54) is 4.90 Å². The molecule has 0 bridgehead atoms. The summed E-state index contributed by atoms with van der Waals surface area (Å²) in [6.07, 6.45) is -0.479. The lowest BCUT2D eigenvalue weighted by atomic mass is 10.1. The molecule has 0 radical (unpaired) electrons. The summed E-state index contributed by atoms with van der Waals surface area (Å²) in [6, 6.07) is 17.9. The van der Waals surface area contributed by atoms with Gasteiger partial charge in [-0.25, -0.2) is 0 Å². The molecule has 0 heterocycles. The Morgan fingerprint density at radius 1 is 0.950 bits per heavy atom. The second kappa shape index (κ2) is 6.24. The molecule has 0 unspecified atom stereocenters. The molecule has 0 saturated carbocycles. The summed E-state index contributed by atoms with van der Waals surface area (Å²) in [4.78, 5) is 13.3. The highest BCUT2D eigenvalue weighted by Gasteiger charge is 2.16. The zero-order chi connectivity index (χ0) is 14.5.